The number of hydrogen-bond donors (Lipinski definition) is 1. The van der Waals surface area contributed by atoms with Crippen molar-refractivity contribution in [1.82, 2.24) is 4.31 Å². The Labute approximate surface area is 152 Å². The number of benzene rings is 1. The van der Waals surface area contributed by atoms with E-state index < -0.39 is 10.0 Å². The largest absolute Gasteiger partial charge is 0.327 e. The van der Waals surface area contributed by atoms with Crippen molar-refractivity contribution in [3.63, 3.8) is 0 Å². The molecule has 1 aliphatic heterocycles. The molecule has 2 aliphatic rings. The van der Waals surface area contributed by atoms with Crippen LogP contribution in [-0.4, -0.2) is 31.9 Å². The zero-order chi connectivity index (χ0) is 16.8. The van der Waals surface area contributed by atoms with Gasteiger partial charge in [-0.05, 0) is 47.8 Å². The van der Waals surface area contributed by atoms with Gasteiger partial charge in [0.15, 0.2) is 0 Å². The highest BCUT2D eigenvalue weighted by molar-refractivity contribution is 7.89. The molecule has 1 aromatic rings. The Morgan fingerprint density at radius 2 is 1.71 bits per heavy atom. The molecule has 136 valence electrons. The van der Waals surface area contributed by atoms with Gasteiger partial charge in [-0.1, -0.05) is 39.3 Å². The van der Waals surface area contributed by atoms with Crippen LogP contribution >= 0.6 is 12.4 Å². The second-order valence-corrected chi connectivity index (χ2v) is 10.1. The number of nitrogens with zero attached hydrogens (tertiary/aromatic N) is 1. The summed E-state index contributed by atoms with van der Waals surface area (Å²) >= 11 is 0. The van der Waals surface area contributed by atoms with E-state index in [-0.39, 0.29) is 23.9 Å². The van der Waals surface area contributed by atoms with Gasteiger partial charge in [-0.15, -0.1) is 12.4 Å². The van der Waals surface area contributed by atoms with E-state index >= 15 is 0 Å². The van der Waals surface area contributed by atoms with E-state index in [9.17, 15) is 8.42 Å². The molecule has 3 rings (SSSR count). The van der Waals surface area contributed by atoms with Gasteiger partial charge >= 0.3 is 0 Å². The summed E-state index contributed by atoms with van der Waals surface area (Å²) in [6, 6.07) is 7.51. The molecule has 1 saturated carbocycles. The molecule has 3 atom stereocenters. The van der Waals surface area contributed by atoms with Crippen molar-refractivity contribution in [3.8, 4) is 0 Å². The van der Waals surface area contributed by atoms with Crippen LogP contribution < -0.4 is 5.73 Å². The molecule has 0 radical (unpaired) electrons. The van der Waals surface area contributed by atoms with E-state index in [0.29, 0.717) is 29.8 Å². The first-order valence-corrected chi connectivity index (χ1v) is 10.00. The number of sulfonamides is 1. The predicted octanol–water partition coefficient (Wildman–Crippen LogP) is 3.15. The molecule has 4 nitrogen and oxygen atoms in total. The SMILES string of the molecule is CC(C)(C)c1ccc(S(=O)(=O)N2CC3CCCC(N)C3C2)cc1.Cl. The lowest BCUT2D eigenvalue weighted by Crippen LogP contribution is -2.38. The lowest BCUT2D eigenvalue weighted by atomic mass is 9.78. The van der Waals surface area contributed by atoms with Gasteiger partial charge in [-0.3, -0.25) is 0 Å². The number of halogens is 1. The van der Waals surface area contributed by atoms with Gasteiger partial charge in [-0.25, -0.2) is 8.42 Å². The van der Waals surface area contributed by atoms with Crippen LogP contribution in [0.4, 0.5) is 0 Å². The normalized spacial score (nSPS) is 28.2. The zero-order valence-electron chi connectivity index (χ0n) is 14.7. The molecule has 0 aromatic heterocycles. The smallest absolute Gasteiger partial charge is 0.243 e. The Morgan fingerprint density at radius 3 is 2.25 bits per heavy atom. The minimum absolute atomic E-state index is 0. The van der Waals surface area contributed by atoms with Crippen molar-refractivity contribution >= 4 is 22.4 Å². The fraction of sp³-hybridized carbons (Fsp3) is 0.667. The van der Waals surface area contributed by atoms with Gasteiger partial charge in [0.1, 0.15) is 0 Å². The highest BCUT2D eigenvalue weighted by Crippen LogP contribution is 2.38. The topological polar surface area (TPSA) is 63.4 Å². The van der Waals surface area contributed by atoms with Crippen LogP contribution in [0.1, 0.15) is 45.6 Å². The van der Waals surface area contributed by atoms with Crippen LogP contribution in [0, 0.1) is 11.8 Å². The lowest BCUT2D eigenvalue weighted by molar-refractivity contribution is 0.260. The van der Waals surface area contributed by atoms with Crippen LogP contribution in [0.25, 0.3) is 0 Å². The Bertz CT molecular complexity index is 667. The Kier molecular flexibility index (Phi) is 5.70. The molecule has 2 fully saturated rings. The molecule has 3 unspecified atom stereocenters. The molecule has 0 bridgehead atoms. The quantitative estimate of drug-likeness (QED) is 0.867. The van der Waals surface area contributed by atoms with Crippen LogP contribution in [0.2, 0.25) is 0 Å². The number of nitrogens with two attached hydrogens (primary N) is 1. The van der Waals surface area contributed by atoms with Crippen LogP contribution in [0.5, 0.6) is 0 Å². The molecule has 24 heavy (non-hydrogen) atoms. The molecule has 0 amide bonds. The maximum atomic E-state index is 12.9. The summed E-state index contributed by atoms with van der Waals surface area (Å²) in [5, 5.41) is 0. The second-order valence-electron chi connectivity index (χ2n) is 8.12. The predicted molar refractivity (Wildman–Crippen MR) is 100.0 cm³/mol. The van der Waals surface area contributed by atoms with Gasteiger partial charge in [0.25, 0.3) is 0 Å². The van der Waals surface area contributed by atoms with Crippen molar-refractivity contribution in [2.75, 3.05) is 13.1 Å². The summed E-state index contributed by atoms with van der Waals surface area (Å²) in [7, 11) is -3.40. The third-order valence-corrected chi connectivity index (χ3v) is 7.32. The minimum atomic E-state index is -3.40. The molecule has 1 aliphatic carbocycles. The Morgan fingerprint density at radius 1 is 1.08 bits per heavy atom. The van der Waals surface area contributed by atoms with Gasteiger partial charge in [-0.2, -0.15) is 4.31 Å². The van der Waals surface area contributed by atoms with Crippen molar-refractivity contribution < 1.29 is 8.42 Å². The third-order valence-electron chi connectivity index (χ3n) is 5.48. The average Bonchev–Trinajstić information content (AvgIpc) is 2.93. The second kappa shape index (κ2) is 6.94. The summed E-state index contributed by atoms with van der Waals surface area (Å²) in [6.07, 6.45) is 3.25. The highest BCUT2D eigenvalue weighted by Gasteiger charge is 2.43. The Hall–Kier alpha value is -0.620. The van der Waals surface area contributed by atoms with Crippen LogP contribution in [0.15, 0.2) is 29.2 Å². The van der Waals surface area contributed by atoms with E-state index in [1.165, 1.54) is 0 Å². The van der Waals surface area contributed by atoms with E-state index in [2.05, 4.69) is 20.8 Å². The average molecular weight is 373 g/mol. The van der Waals surface area contributed by atoms with Gasteiger partial charge in [0.05, 0.1) is 4.90 Å². The summed E-state index contributed by atoms with van der Waals surface area (Å²) in [6.45, 7) is 7.59. The van der Waals surface area contributed by atoms with Gasteiger partial charge in [0.2, 0.25) is 10.0 Å². The third kappa shape index (κ3) is 3.64. The Balaban J connectivity index is 0.00000208. The zero-order valence-corrected chi connectivity index (χ0v) is 16.4. The summed E-state index contributed by atoms with van der Waals surface area (Å²) in [5.74, 6) is 0.759. The monoisotopic (exact) mass is 372 g/mol. The molecular weight excluding hydrogens is 344 g/mol. The summed E-state index contributed by atoms with van der Waals surface area (Å²) < 4.78 is 27.5. The minimum Gasteiger partial charge on any atom is -0.327 e. The fourth-order valence-corrected chi connectivity index (χ4v) is 5.48. The molecule has 0 spiro atoms. The summed E-state index contributed by atoms with van der Waals surface area (Å²) in [4.78, 5) is 0.401. The molecular formula is C18H29ClN2O2S. The number of fused-ring (bicyclic) bond motifs is 1. The first-order valence-electron chi connectivity index (χ1n) is 8.56. The van der Waals surface area contributed by atoms with Crippen molar-refractivity contribution in [2.24, 2.45) is 17.6 Å². The number of rotatable bonds is 2. The van der Waals surface area contributed by atoms with E-state index in [1.807, 2.05) is 12.1 Å². The molecule has 1 saturated heterocycles. The van der Waals surface area contributed by atoms with E-state index in [0.717, 1.165) is 24.8 Å². The van der Waals surface area contributed by atoms with Crippen molar-refractivity contribution in [3.05, 3.63) is 29.8 Å². The van der Waals surface area contributed by atoms with Crippen LogP contribution in [-0.2, 0) is 15.4 Å². The van der Waals surface area contributed by atoms with Gasteiger partial charge < -0.3 is 5.73 Å². The van der Waals surface area contributed by atoms with Crippen molar-refractivity contribution in [1.29, 1.82) is 0 Å². The van der Waals surface area contributed by atoms with Crippen molar-refractivity contribution in [2.45, 2.75) is 56.4 Å². The molecule has 2 N–H and O–H groups in total. The first kappa shape index (κ1) is 19.7. The summed E-state index contributed by atoms with van der Waals surface area (Å²) in [5.41, 5.74) is 7.38. The van der Waals surface area contributed by atoms with E-state index in [1.54, 1.807) is 16.4 Å². The molecule has 1 aromatic carbocycles. The van der Waals surface area contributed by atoms with E-state index in [4.69, 9.17) is 5.73 Å². The van der Waals surface area contributed by atoms with Gasteiger partial charge in [0, 0.05) is 19.1 Å². The standard InChI is InChI=1S/C18H28N2O2S.ClH/c1-18(2,3)14-7-9-15(10-8-14)23(21,22)20-11-13-5-4-6-17(19)16(13)12-20;/h7-10,13,16-17H,4-6,11-12,19H2,1-3H3;1H. The number of hydrogen-bond acceptors (Lipinski definition) is 3. The lowest BCUT2D eigenvalue weighted by Gasteiger charge is -2.29. The molecule has 1 heterocycles. The highest BCUT2D eigenvalue weighted by atomic mass is 35.5. The first-order chi connectivity index (χ1) is 10.7. The molecule has 6 heteroatoms. The maximum absolute atomic E-state index is 12.9. The fourth-order valence-electron chi connectivity index (χ4n) is 3.95. The van der Waals surface area contributed by atoms with Crippen LogP contribution in [0.3, 0.4) is 0 Å². The maximum Gasteiger partial charge on any atom is 0.243 e.